The molecule has 5 rings (SSSR count). The number of Topliss-reactive ketones (excluding diaryl/α,β-unsaturated/α-hetero) is 1. The van der Waals surface area contributed by atoms with Gasteiger partial charge in [0.2, 0.25) is 0 Å². The summed E-state index contributed by atoms with van der Waals surface area (Å²) in [5.41, 5.74) is 3.97. The van der Waals surface area contributed by atoms with Gasteiger partial charge in [-0.2, -0.15) is 0 Å². The molecule has 154 valence electrons. The molecule has 31 heavy (non-hydrogen) atoms. The second-order valence-electron chi connectivity index (χ2n) is 7.75. The van der Waals surface area contributed by atoms with Crippen LogP contribution in [0.3, 0.4) is 0 Å². The Kier molecular flexibility index (Phi) is 4.32. The van der Waals surface area contributed by atoms with Gasteiger partial charge in [-0.1, -0.05) is 18.2 Å². The number of carbonyl (C=O) groups excluding carboxylic acids is 4. The predicted molar refractivity (Wildman–Crippen MR) is 115 cm³/mol. The molecule has 3 aromatic rings. The number of aryl methyl sites for hydroxylation is 1. The first kappa shape index (κ1) is 19.0. The van der Waals surface area contributed by atoms with Crippen LogP contribution in [0.2, 0.25) is 0 Å². The van der Waals surface area contributed by atoms with E-state index < -0.39 is 11.8 Å². The molecule has 3 amide bonds. The highest BCUT2D eigenvalue weighted by Crippen LogP contribution is 2.31. The fourth-order valence-electron chi connectivity index (χ4n) is 4.34. The third-order valence-corrected chi connectivity index (χ3v) is 5.82. The molecule has 0 unspecified atom stereocenters. The molecule has 2 N–H and O–H groups in total. The first-order chi connectivity index (χ1) is 15.0. The number of nitrogens with one attached hydrogen (secondary N) is 2. The van der Waals surface area contributed by atoms with Gasteiger partial charge in [0.05, 0.1) is 16.8 Å². The Morgan fingerprint density at radius 1 is 0.968 bits per heavy atom. The second-order valence-corrected chi connectivity index (χ2v) is 7.75. The summed E-state index contributed by atoms with van der Waals surface area (Å²) >= 11 is 0. The number of hydrogen-bond acceptors (Lipinski definition) is 4. The largest absolute Gasteiger partial charge is 0.354 e. The van der Waals surface area contributed by atoms with Gasteiger partial charge in [0.15, 0.2) is 5.78 Å². The molecule has 2 aromatic carbocycles. The van der Waals surface area contributed by atoms with Crippen molar-refractivity contribution in [2.75, 3.05) is 10.2 Å². The molecule has 2 aliphatic rings. The van der Waals surface area contributed by atoms with Gasteiger partial charge in [0.25, 0.3) is 17.7 Å². The van der Waals surface area contributed by atoms with Crippen LogP contribution in [-0.4, -0.2) is 28.5 Å². The summed E-state index contributed by atoms with van der Waals surface area (Å²) in [6, 6.07) is 13.3. The maximum atomic E-state index is 12.9. The van der Waals surface area contributed by atoms with E-state index in [-0.39, 0.29) is 11.7 Å². The number of imide groups is 1. The first-order valence-electron chi connectivity index (χ1n) is 10.1. The van der Waals surface area contributed by atoms with E-state index in [0.29, 0.717) is 45.7 Å². The summed E-state index contributed by atoms with van der Waals surface area (Å²) in [5.74, 6) is -1.10. The molecule has 1 aliphatic heterocycles. The monoisotopic (exact) mass is 413 g/mol. The van der Waals surface area contributed by atoms with Crippen LogP contribution in [0.25, 0.3) is 0 Å². The summed E-state index contributed by atoms with van der Waals surface area (Å²) in [6.07, 6.45) is 2.01. The topological polar surface area (TPSA) is 99.3 Å². The summed E-state index contributed by atoms with van der Waals surface area (Å²) < 4.78 is 0. The Morgan fingerprint density at radius 3 is 2.35 bits per heavy atom. The lowest BCUT2D eigenvalue weighted by Crippen LogP contribution is -2.29. The fraction of sp³-hybridized carbons (Fsp3) is 0.167. The number of H-pyrrole nitrogens is 1. The van der Waals surface area contributed by atoms with E-state index in [1.54, 1.807) is 55.5 Å². The van der Waals surface area contributed by atoms with E-state index in [9.17, 15) is 19.2 Å². The second kappa shape index (κ2) is 7.05. The standard InChI is InChI=1S/C24H19N3O4/c1-13-20-18(10-5-11-19(20)28)26-21(13)22(29)25-14-6-4-7-15(12-14)27-23(30)16-8-2-3-9-17(16)24(27)31/h2-4,6-9,12,26H,5,10-11H2,1H3,(H,25,29). The molecule has 7 heteroatoms. The van der Waals surface area contributed by atoms with Gasteiger partial charge in [-0.3, -0.25) is 19.2 Å². The minimum absolute atomic E-state index is 0.0571. The number of carbonyl (C=O) groups is 4. The van der Waals surface area contributed by atoms with Crippen LogP contribution in [0, 0.1) is 6.92 Å². The molecule has 0 saturated carbocycles. The minimum atomic E-state index is -0.393. The molecule has 2 heterocycles. The number of benzene rings is 2. The van der Waals surface area contributed by atoms with Gasteiger partial charge in [-0.05, 0) is 55.7 Å². The van der Waals surface area contributed by atoms with Crippen molar-refractivity contribution in [1.82, 2.24) is 4.98 Å². The minimum Gasteiger partial charge on any atom is -0.354 e. The van der Waals surface area contributed by atoms with E-state index in [0.717, 1.165) is 23.4 Å². The lowest BCUT2D eigenvalue weighted by molar-refractivity contribution is 0.0922. The number of fused-ring (bicyclic) bond motifs is 2. The number of ketones is 1. The van der Waals surface area contributed by atoms with Gasteiger partial charge in [0.1, 0.15) is 5.69 Å². The summed E-state index contributed by atoms with van der Waals surface area (Å²) in [7, 11) is 0. The zero-order chi connectivity index (χ0) is 21.7. The molecule has 1 aliphatic carbocycles. The molecule has 0 saturated heterocycles. The van der Waals surface area contributed by atoms with Gasteiger partial charge in [-0.15, -0.1) is 0 Å². The Morgan fingerprint density at radius 2 is 1.68 bits per heavy atom. The van der Waals surface area contributed by atoms with Crippen molar-refractivity contribution in [2.24, 2.45) is 0 Å². The predicted octanol–water partition coefficient (Wildman–Crippen LogP) is 3.90. The Labute approximate surface area is 178 Å². The first-order valence-corrected chi connectivity index (χ1v) is 10.1. The summed E-state index contributed by atoms with van der Waals surface area (Å²) in [5, 5.41) is 2.81. The number of hydrogen-bond donors (Lipinski definition) is 2. The molecule has 1 aromatic heterocycles. The highest BCUT2D eigenvalue weighted by molar-refractivity contribution is 6.34. The maximum absolute atomic E-state index is 12.9. The number of nitrogens with zero attached hydrogens (tertiary/aromatic N) is 1. The number of aromatic nitrogens is 1. The van der Waals surface area contributed by atoms with Crippen LogP contribution >= 0.6 is 0 Å². The molecule has 0 spiro atoms. The van der Waals surface area contributed by atoms with Crippen molar-refractivity contribution in [3.05, 3.63) is 82.2 Å². The van der Waals surface area contributed by atoms with Crippen molar-refractivity contribution < 1.29 is 19.2 Å². The van der Waals surface area contributed by atoms with Crippen LogP contribution in [0.15, 0.2) is 48.5 Å². The Hall–Kier alpha value is -4.00. The van der Waals surface area contributed by atoms with Gasteiger partial charge >= 0.3 is 0 Å². The van der Waals surface area contributed by atoms with Crippen LogP contribution < -0.4 is 10.2 Å². The van der Waals surface area contributed by atoms with Crippen molar-refractivity contribution in [3.63, 3.8) is 0 Å². The number of amides is 3. The lowest BCUT2D eigenvalue weighted by Gasteiger charge is -2.15. The van der Waals surface area contributed by atoms with Crippen molar-refractivity contribution in [1.29, 1.82) is 0 Å². The van der Waals surface area contributed by atoms with Crippen molar-refractivity contribution >= 4 is 34.9 Å². The molecule has 7 nitrogen and oxygen atoms in total. The fourth-order valence-corrected chi connectivity index (χ4v) is 4.34. The highest BCUT2D eigenvalue weighted by Gasteiger charge is 2.36. The molecule has 0 radical (unpaired) electrons. The van der Waals surface area contributed by atoms with E-state index >= 15 is 0 Å². The van der Waals surface area contributed by atoms with Crippen LogP contribution in [0.4, 0.5) is 11.4 Å². The van der Waals surface area contributed by atoms with Gasteiger partial charge in [-0.25, -0.2) is 4.90 Å². The molecule has 0 atom stereocenters. The quantitative estimate of drug-likeness (QED) is 0.636. The van der Waals surface area contributed by atoms with Crippen molar-refractivity contribution in [3.8, 4) is 0 Å². The van der Waals surface area contributed by atoms with Crippen molar-refractivity contribution in [2.45, 2.75) is 26.2 Å². The third kappa shape index (κ3) is 2.97. The summed E-state index contributed by atoms with van der Waals surface area (Å²) in [6.45, 7) is 1.77. The SMILES string of the molecule is Cc1c(C(=O)Nc2cccc(N3C(=O)c4ccccc4C3=O)c2)[nH]c2c1C(=O)CCC2. The van der Waals surface area contributed by atoms with Gasteiger partial charge < -0.3 is 10.3 Å². The van der Waals surface area contributed by atoms with E-state index in [4.69, 9.17) is 0 Å². The molecular weight excluding hydrogens is 394 g/mol. The number of rotatable bonds is 3. The molecular formula is C24H19N3O4. The lowest BCUT2D eigenvalue weighted by atomic mass is 9.94. The van der Waals surface area contributed by atoms with E-state index in [1.165, 1.54) is 0 Å². The van der Waals surface area contributed by atoms with E-state index in [1.807, 2.05) is 0 Å². The van der Waals surface area contributed by atoms with Crippen LogP contribution in [0.5, 0.6) is 0 Å². The number of aromatic amines is 1. The average Bonchev–Trinajstić information content (AvgIpc) is 3.24. The highest BCUT2D eigenvalue weighted by atomic mass is 16.2. The smallest absolute Gasteiger partial charge is 0.272 e. The molecule has 0 bridgehead atoms. The zero-order valence-electron chi connectivity index (χ0n) is 16.8. The average molecular weight is 413 g/mol. The van der Waals surface area contributed by atoms with Crippen LogP contribution in [-0.2, 0) is 6.42 Å². The third-order valence-electron chi connectivity index (χ3n) is 5.82. The van der Waals surface area contributed by atoms with Gasteiger partial charge in [0, 0.05) is 23.4 Å². The normalized spacial score (nSPS) is 15.1. The van der Waals surface area contributed by atoms with Crippen LogP contribution in [0.1, 0.15) is 65.7 Å². The zero-order valence-corrected chi connectivity index (χ0v) is 16.8. The van der Waals surface area contributed by atoms with E-state index in [2.05, 4.69) is 10.3 Å². The molecule has 0 fully saturated rings. The number of anilines is 2. The summed E-state index contributed by atoms with van der Waals surface area (Å²) in [4.78, 5) is 54.8. The Bertz CT molecular complexity index is 1250. The Balaban J connectivity index is 1.42. The maximum Gasteiger partial charge on any atom is 0.272 e.